The molecular weight excluding hydrogens is 276 g/mol. The first-order chi connectivity index (χ1) is 10.7. The van der Waals surface area contributed by atoms with Crippen LogP contribution in [0.15, 0.2) is 24.3 Å². The Hall–Kier alpha value is -1.55. The van der Waals surface area contributed by atoms with Crippen LogP contribution in [0.4, 0.5) is 11.4 Å². The number of nitrogens with one attached hydrogen (secondary N) is 1. The van der Waals surface area contributed by atoms with Gasteiger partial charge in [-0.2, -0.15) is 0 Å². The fourth-order valence-corrected chi connectivity index (χ4v) is 4.39. The zero-order valence-electron chi connectivity index (χ0n) is 12.9. The number of rotatable bonds is 3. The fraction of sp³-hybridized carbons (Fsp3) is 0.611. The van der Waals surface area contributed by atoms with Gasteiger partial charge in [0.25, 0.3) is 0 Å². The molecule has 2 aliphatic carbocycles. The highest BCUT2D eigenvalue weighted by Crippen LogP contribution is 2.57. The number of amides is 1. The fourth-order valence-electron chi connectivity index (χ4n) is 4.39. The molecule has 1 saturated heterocycles. The van der Waals surface area contributed by atoms with E-state index < -0.39 is 0 Å². The Morgan fingerprint density at radius 2 is 1.77 bits per heavy atom. The van der Waals surface area contributed by atoms with Gasteiger partial charge in [-0.3, -0.25) is 4.79 Å². The standard InChI is InChI=1S/C18H24N2O2/c21-12-8-10-20(11-9-12)16-7-2-1-6-15(16)19-18(22)17-13-4-3-5-14(13)17/h1-2,6-7,12-14,17,21H,3-5,8-11H2,(H,19,22). The second kappa shape index (κ2) is 5.58. The van der Waals surface area contributed by atoms with Crippen molar-refractivity contribution in [2.75, 3.05) is 23.3 Å². The van der Waals surface area contributed by atoms with Crippen molar-refractivity contribution in [2.24, 2.45) is 17.8 Å². The normalized spacial score (nSPS) is 31.0. The summed E-state index contributed by atoms with van der Waals surface area (Å²) in [5.41, 5.74) is 2.02. The van der Waals surface area contributed by atoms with Gasteiger partial charge in [0.1, 0.15) is 0 Å². The van der Waals surface area contributed by atoms with Gasteiger partial charge in [0.15, 0.2) is 0 Å². The molecule has 1 amide bonds. The Balaban J connectivity index is 1.46. The second-order valence-electron chi connectivity index (χ2n) is 7.01. The van der Waals surface area contributed by atoms with E-state index in [0.29, 0.717) is 11.8 Å². The third-order valence-corrected chi connectivity index (χ3v) is 5.68. The summed E-state index contributed by atoms with van der Waals surface area (Å²) in [6, 6.07) is 8.06. The number of nitrogens with zero attached hydrogens (tertiary/aromatic N) is 1. The molecule has 0 aromatic heterocycles. The topological polar surface area (TPSA) is 52.6 Å². The number of anilines is 2. The average Bonchev–Trinajstić information content (AvgIpc) is 3.02. The van der Waals surface area contributed by atoms with Crippen LogP contribution in [0.25, 0.3) is 0 Å². The maximum Gasteiger partial charge on any atom is 0.228 e. The predicted molar refractivity (Wildman–Crippen MR) is 86.8 cm³/mol. The van der Waals surface area contributed by atoms with Crippen molar-refractivity contribution >= 4 is 17.3 Å². The van der Waals surface area contributed by atoms with Crippen LogP contribution in [0.1, 0.15) is 32.1 Å². The third-order valence-electron chi connectivity index (χ3n) is 5.68. The van der Waals surface area contributed by atoms with Crippen LogP contribution in [0.5, 0.6) is 0 Å². The van der Waals surface area contributed by atoms with Crippen molar-refractivity contribution in [1.29, 1.82) is 0 Å². The monoisotopic (exact) mass is 300 g/mol. The average molecular weight is 300 g/mol. The van der Waals surface area contributed by atoms with E-state index in [1.807, 2.05) is 18.2 Å². The first-order valence-electron chi connectivity index (χ1n) is 8.57. The number of hydrogen-bond acceptors (Lipinski definition) is 3. The molecule has 1 aromatic carbocycles. The SMILES string of the molecule is O=C(Nc1ccccc1N1CCC(O)CC1)C1C2CCCC21. The van der Waals surface area contributed by atoms with Crippen molar-refractivity contribution in [3.63, 3.8) is 0 Å². The number of piperidine rings is 1. The van der Waals surface area contributed by atoms with E-state index in [0.717, 1.165) is 37.3 Å². The molecule has 0 radical (unpaired) electrons. The Kier molecular flexibility index (Phi) is 3.57. The summed E-state index contributed by atoms with van der Waals surface area (Å²) in [6.07, 6.45) is 5.18. The summed E-state index contributed by atoms with van der Waals surface area (Å²) < 4.78 is 0. The number of hydrogen-bond donors (Lipinski definition) is 2. The lowest BCUT2D eigenvalue weighted by Crippen LogP contribution is -2.36. The van der Waals surface area contributed by atoms with Crippen LogP contribution in [0.2, 0.25) is 0 Å². The van der Waals surface area contributed by atoms with Crippen molar-refractivity contribution in [1.82, 2.24) is 0 Å². The van der Waals surface area contributed by atoms with Gasteiger partial charge in [-0.05, 0) is 49.7 Å². The van der Waals surface area contributed by atoms with Crippen LogP contribution in [0.3, 0.4) is 0 Å². The zero-order chi connectivity index (χ0) is 15.1. The molecule has 3 fully saturated rings. The molecule has 1 heterocycles. The summed E-state index contributed by atoms with van der Waals surface area (Å²) in [6.45, 7) is 1.70. The van der Waals surface area contributed by atoms with Gasteiger partial charge in [-0.15, -0.1) is 0 Å². The van der Waals surface area contributed by atoms with Gasteiger partial charge >= 0.3 is 0 Å². The van der Waals surface area contributed by atoms with Gasteiger partial charge in [-0.25, -0.2) is 0 Å². The second-order valence-corrected chi connectivity index (χ2v) is 7.01. The highest BCUT2D eigenvalue weighted by atomic mass is 16.3. The van der Waals surface area contributed by atoms with Crippen LogP contribution in [-0.4, -0.2) is 30.2 Å². The van der Waals surface area contributed by atoms with Crippen LogP contribution in [-0.2, 0) is 4.79 Å². The molecule has 2 atom stereocenters. The molecule has 0 spiro atoms. The van der Waals surface area contributed by atoms with Crippen molar-refractivity contribution in [3.8, 4) is 0 Å². The lowest BCUT2D eigenvalue weighted by molar-refractivity contribution is -0.118. The van der Waals surface area contributed by atoms with Crippen LogP contribution >= 0.6 is 0 Å². The van der Waals surface area contributed by atoms with E-state index in [2.05, 4.69) is 16.3 Å². The molecule has 2 unspecified atom stereocenters. The van der Waals surface area contributed by atoms with E-state index in [9.17, 15) is 9.90 Å². The highest BCUT2D eigenvalue weighted by molar-refractivity contribution is 5.97. The molecule has 0 bridgehead atoms. The van der Waals surface area contributed by atoms with E-state index >= 15 is 0 Å². The van der Waals surface area contributed by atoms with Crippen molar-refractivity contribution in [2.45, 2.75) is 38.2 Å². The van der Waals surface area contributed by atoms with Gasteiger partial charge in [-0.1, -0.05) is 18.6 Å². The van der Waals surface area contributed by atoms with Gasteiger partial charge in [0, 0.05) is 19.0 Å². The number of carbonyl (C=O) groups is 1. The third kappa shape index (κ3) is 2.50. The quantitative estimate of drug-likeness (QED) is 0.902. The number of carbonyl (C=O) groups excluding carboxylic acids is 1. The number of aliphatic hydroxyl groups is 1. The first-order valence-corrected chi connectivity index (χ1v) is 8.57. The molecule has 22 heavy (non-hydrogen) atoms. The molecule has 4 heteroatoms. The molecular formula is C18H24N2O2. The minimum Gasteiger partial charge on any atom is -0.393 e. The Morgan fingerprint density at radius 3 is 2.50 bits per heavy atom. The summed E-state index contributed by atoms with van der Waals surface area (Å²) >= 11 is 0. The molecule has 4 rings (SSSR count). The van der Waals surface area contributed by atoms with Crippen LogP contribution < -0.4 is 10.2 Å². The van der Waals surface area contributed by atoms with Crippen molar-refractivity contribution < 1.29 is 9.90 Å². The summed E-state index contributed by atoms with van der Waals surface area (Å²) in [7, 11) is 0. The Morgan fingerprint density at radius 1 is 1.09 bits per heavy atom. The first kappa shape index (κ1) is 14.1. The number of para-hydroxylation sites is 2. The predicted octanol–water partition coefficient (Wildman–Crippen LogP) is 2.63. The minimum atomic E-state index is -0.177. The lowest BCUT2D eigenvalue weighted by atomic mass is 10.1. The molecule has 3 aliphatic rings. The number of fused-ring (bicyclic) bond motifs is 1. The van der Waals surface area contributed by atoms with E-state index in [4.69, 9.17) is 0 Å². The summed E-state index contributed by atoms with van der Waals surface area (Å²) in [4.78, 5) is 14.8. The zero-order valence-corrected chi connectivity index (χ0v) is 12.9. The van der Waals surface area contributed by atoms with E-state index in [1.54, 1.807) is 0 Å². The molecule has 118 valence electrons. The molecule has 2 saturated carbocycles. The largest absolute Gasteiger partial charge is 0.393 e. The van der Waals surface area contributed by atoms with Crippen LogP contribution in [0, 0.1) is 17.8 Å². The maximum absolute atomic E-state index is 12.5. The lowest BCUT2D eigenvalue weighted by Gasteiger charge is -2.32. The molecule has 1 aromatic rings. The summed E-state index contributed by atoms with van der Waals surface area (Å²) in [5, 5.41) is 12.8. The molecule has 2 N–H and O–H groups in total. The maximum atomic E-state index is 12.5. The smallest absolute Gasteiger partial charge is 0.228 e. The number of aliphatic hydroxyl groups excluding tert-OH is 1. The molecule has 1 aliphatic heterocycles. The van der Waals surface area contributed by atoms with E-state index in [-0.39, 0.29) is 17.9 Å². The van der Waals surface area contributed by atoms with Gasteiger partial charge < -0.3 is 15.3 Å². The van der Waals surface area contributed by atoms with Gasteiger partial charge in [0.05, 0.1) is 17.5 Å². The molecule has 4 nitrogen and oxygen atoms in total. The Labute approximate surface area is 131 Å². The minimum absolute atomic E-state index is 0.177. The van der Waals surface area contributed by atoms with Gasteiger partial charge in [0.2, 0.25) is 5.91 Å². The number of benzene rings is 1. The van der Waals surface area contributed by atoms with Crippen molar-refractivity contribution in [3.05, 3.63) is 24.3 Å². The summed E-state index contributed by atoms with van der Waals surface area (Å²) in [5.74, 6) is 1.76. The highest BCUT2D eigenvalue weighted by Gasteiger charge is 2.56. The van der Waals surface area contributed by atoms with E-state index in [1.165, 1.54) is 19.3 Å². The Bertz CT molecular complexity index is 556.